The normalized spacial score (nSPS) is 10.7. The average molecular weight is 372 g/mol. The summed E-state index contributed by atoms with van der Waals surface area (Å²) in [5.41, 5.74) is 1.24. The Morgan fingerprint density at radius 2 is 1.73 bits per heavy atom. The van der Waals surface area contributed by atoms with E-state index in [0.29, 0.717) is 30.4 Å². The molecule has 2 rings (SSSR count). The van der Waals surface area contributed by atoms with E-state index in [1.54, 1.807) is 18.2 Å². The lowest BCUT2D eigenvalue weighted by atomic mass is 10.1. The molecular weight excluding hydrogens is 369 g/mol. The number of halogens is 4. The SMILES string of the molecule is Clc1cccc(Cl)c1-c1noc(Br)c1Br. The summed E-state index contributed by atoms with van der Waals surface area (Å²) in [6.45, 7) is 0. The minimum absolute atomic E-state index is 0.508. The van der Waals surface area contributed by atoms with Crippen LogP contribution in [0.4, 0.5) is 0 Å². The van der Waals surface area contributed by atoms with E-state index in [2.05, 4.69) is 37.0 Å². The molecule has 0 radical (unpaired) electrons. The Morgan fingerprint density at radius 3 is 2.20 bits per heavy atom. The molecule has 1 aromatic carbocycles. The highest BCUT2D eigenvalue weighted by molar-refractivity contribution is 9.13. The molecule has 1 aromatic heterocycles. The fraction of sp³-hybridized carbons (Fsp3) is 0. The molecule has 0 unspecified atom stereocenters. The maximum atomic E-state index is 6.04. The van der Waals surface area contributed by atoms with Crippen molar-refractivity contribution in [1.29, 1.82) is 0 Å². The zero-order valence-corrected chi connectivity index (χ0v) is 11.8. The first-order valence-electron chi connectivity index (χ1n) is 3.86. The summed E-state index contributed by atoms with van der Waals surface area (Å²) < 4.78 is 6.16. The van der Waals surface area contributed by atoms with Gasteiger partial charge >= 0.3 is 0 Å². The van der Waals surface area contributed by atoms with Crippen molar-refractivity contribution in [3.05, 3.63) is 37.4 Å². The number of hydrogen-bond donors (Lipinski definition) is 0. The van der Waals surface area contributed by atoms with Crippen LogP contribution in [0.1, 0.15) is 0 Å². The summed E-state index contributed by atoms with van der Waals surface area (Å²) >= 11 is 18.6. The molecule has 0 spiro atoms. The number of hydrogen-bond acceptors (Lipinski definition) is 2. The van der Waals surface area contributed by atoms with Gasteiger partial charge < -0.3 is 4.52 Å². The van der Waals surface area contributed by atoms with Crippen LogP contribution in [-0.2, 0) is 0 Å². The van der Waals surface area contributed by atoms with Gasteiger partial charge in [0, 0.05) is 5.56 Å². The average Bonchev–Trinajstić information content (AvgIpc) is 2.49. The second-order valence-electron chi connectivity index (χ2n) is 2.72. The summed E-state index contributed by atoms with van der Waals surface area (Å²) in [5, 5.41) is 4.93. The lowest BCUT2D eigenvalue weighted by Crippen LogP contribution is -1.82. The summed E-state index contributed by atoms with van der Waals surface area (Å²) in [6.07, 6.45) is 0. The van der Waals surface area contributed by atoms with Crippen molar-refractivity contribution in [2.75, 3.05) is 0 Å². The molecule has 6 heteroatoms. The van der Waals surface area contributed by atoms with E-state index >= 15 is 0 Å². The van der Waals surface area contributed by atoms with Gasteiger partial charge in [-0.25, -0.2) is 0 Å². The molecule has 78 valence electrons. The lowest BCUT2D eigenvalue weighted by Gasteiger charge is -2.02. The third kappa shape index (κ3) is 2.09. The smallest absolute Gasteiger partial charge is 0.216 e. The Morgan fingerprint density at radius 1 is 1.13 bits per heavy atom. The molecule has 0 N–H and O–H groups in total. The van der Waals surface area contributed by atoms with Crippen molar-refractivity contribution < 1.29 is 4.52 Å². The van der Waals surface area contributed by atoms with Crippen LogP contribution in [0.5, 0.6) is 0 Å². The molecule has 0 fully saturated rings. The molecule has 0 aliphatic carbocycles. The molecule has 2 aromatic rings. The first kappa shape index (κ1) is 11.5. The minimum Gasteiger partial charge on any atom is -0.347 e. The van der Waals surface area contributed by atoms with E-state index < -0.39 is 0 Å². The van der Waals surface area contributed by atoms with Crippen LogP contribution in [0.25, 0.3) is 11.3 Å². The van der Waals surface area contributed by atoms with Gasteiger partial charge in [0.2, 0.25) is 4.67 Å². The number of rotatable bonds is 1. The van der Waals surface area contributed by atoms with E-state index in [1.807, 2.05) is 0 Å². The number of nitrogens with zero attached hydrogens (tertiary/aromatic N) is 1. The third-order valence-corrected chi connectivity index (χ3v) is 4.24. The van der Waals surface area contributed by atoms with Gasteiger partial charge in [0.1, 0.15) is 10.2 Å². The van der Waals surface area contributed by atoms with Gasteiger partial charge in [-0.05, 0) is 44.0 Å². The van der Waals surface area contributed by atoms with Crippen LogP contribution >= 0.6 is 55.1 Å². The van der Waals surface area contributed by atoms with Crippen LogP contribution in [0.2, 0.25) is 10.0 Å². The lowest BCUT2D eigenvalue weighted by molar-refractivity contribution is 0.401. The van der Waals surface area contributed by atoms with Crippen LogP contribution in [-0.4, -0.2) is 5.16 Å². The topological polar surface area (TPSA) is 26.0 Å². The van der Waals surface area contributed by atoms with Crippen LogP contribution in [0.3, 0.4) is 0 Å². The van der Waals surface area contributed by atoms with Crippen molar-refractivity contribution in [2.24, 2.45) is 0 Å². The predicted molar refractivity (Wildman–Crippen MR) is 67.4 cm³/mol. The largest absolute Gasteiger partial charge is 0.347 e. The third-order valence-electron chi connectivity index (χ3n) is 1.80. The number of benzene rings is 1. The zero-order chi connectivity index (χ0) is 11.0. The van der Waals surface area contributed by atoms with E-state index in [0.717, 1.165) is 0 Å². The zero-order valence-electron chi connectivity index (χ0n) is 7.10. The van der Waals surface area contributed by atoms with E-state index in [9.17, 15) is 0 Å². The van der Waals surface area contributed by atoms with Crippen molar-refractivity contribution in [3.8, 4) is 11.3 Å². The molecule has 0 aliphatic heterocycles. The molecule has 0 amide bonds. The second kappa shape index (κ2) is 4.45. The summed E-state index contributed by atoms with van der Waals surface area (Å²) in [4.78, 5) is 0. The Hall–Kier alpha value is -0.0300. The van der Waals surface area contributed by atoms with E-state index in [-0.39, 0.29) is 0 Å². The first-order chi connectivity index (χ1) is 7.11. The fourth-order valence-electron chi connectivity index (χ4n) is 1.14. The second-order valence-corrected chi connectivity index (χ2v) is 5.04. The predicted octanol–water partition coefficient (Wildman–Crippen LogP) is 5.17. The van der Waals surface area contributed by atoms with Crippen LogP contribution in [0, 0.1) is 0 Å². The van der Waals surface area contributed by atoms with Gasteiger partial charge in [0.25, 0.3) is 0 Å². The molecule has 15 heavy (non-hydrogen) atoms. The van der Waals surface area contributed by atoms with Gasteiger partial charge in [0.05, 0.1) is 10.0 Å². The van der Waals surface area contributed by atoms with Crippen LogP contribution < -0.4 is 0 Å². The Balaban J connectivity index is 2.69. The van der Waals surface area contributed by atoms with E-state index in [4.69, 9.17) is 27.7 Å². The van der Waals surface area contributed by atoms with Gasteiger partial charge in [-0.2, -0.15) is 0 Å². The summed E-state index contributed by atoms with van der Waals surface area (Å²) in [7, 11) is 0. The Kier molecular flexibility index (Phi) is 3.40. The highest BCUT2D eigenvalue weighted by Gasteiger charge is 2.18. The molecule has 2 nitrogen and oxygen atoms in total. The molecule has 1 heterocycles. The summed E-state index contributed by atoms with van der Waals surface area (Å²) in [6, 6.07) is 5.27. The van der Waals surface area contributed by atoms with Crippen molar-refractivity contribution in [3.63, 3.8) is 0 Å². The Labute approximate surface area is 113 Å². The van der Waals surface area contributed by atoms with Crippen molar-refractivity contribution >= 4 is 55.1 Å². The molecule has 0 atom stereocenters. The molecule has 0 bridgehead atoms. The van der Waals surface area contributed by atoms with Gasteiger partial charge in [-0.3, -0.25) is 0 Å². The highest BCUT2D eigenvalue weighted by atomic mass is 79.9. The molecule has 0 saturated heterocycles. The first-order valence-corrected chi connectivity index (χ1v) is 6.20. The Bertz CT molecular complexity index is 493. The number of aromatic nitrogens is 1. The quantitative estimate of drug-likeness (QED) is 0.690. The monoisotopic (exact) mass is 369 g/mol. The van der Waals surface area contributed by atoms with Crippen molar-refractivity contribution in [2.45, 2.75) is 0 Å². The molecule has 0 aliphatic rings. The van der Waals surface area contributed by atoms with Gasteiger partial charge in [-0.15, -0.1) is 0 Å². The van der Waals surface area contributed by atoms with Gasteiger partial charge in [-0.1, -0.05) is 34.4 Å². The minimum atomic E-state index is 0.508. The van der Waals surface area contributed by atoms with Crippen LogP contribution in [0.15, 0.2) is 31.9 Å². The van der Waals surface area contributed by atoms with Gasteiger partial charge in [0.15, 0.2) is 0 Å². The maximum Gasteiger partial charge on any atom is 0.216 e. The summed E-state index contributed by atoms with van der Waals surface area (Å²) in [5.74, 6) is 0. The fourth-order valence-corrected chi connectivity index (χ4v) is 2.32. The molecular formula is C9H3Br2Cl2NO. The molecule has 0 saturated carbocycles. The van der Waals surface area contributed by atoms with Crippen molar-refractivity contribution in [1.82, 2.24) is 5.16 Å². The maximum absolute atomic E-state index is 6.04. The standard InChI is InChI=1S/C9H3Br2Cl2NO/c10-7-8(14-15-9(7)11)6-4(12)2-1-3-5(6)13/h1-3H. The van der Waals surface area contributed by atoms with E-state index in [1.165, 1.54) is 0 Å². The highest BCUT2D eigenvalue weighted by Crippen LogP contribution is 2.40.